The van der Waals surface area contributed by atoms with Crippen molar-refractivity contribution in [1.82, 2.24) is 9.97 Å². The molecule has 1 aliphatic rings. The van der Waals surface area contributed by atoms with Crippen LogP contribution in [0.5, 0.6) is 0 Å². The fourth-order valence-corrected chi connectivity index (χ4v) is 2.93. The van der Waals surface area contributed by atoms with Crippen LogP contribution in [0.2, 0.25) is 0 Å². The van der Waals surface area contributed by atoms with Gasteiger partial charge in [0.25, 0.3) is 0 Å². The number of halogens is 1. The molecule has 0 saturated carbocycles. The first-order chi connectivity index (χ1) is 11.2. The first kappa shape index (κ1) is 13.9. The molecule has 4 rings (SSSR count). The first-order valence-electron chi connectivity index (χ1n) is 7.62. The molecule has 0 spiro atoms. The van der Waals surface area contributed by atoms with Gasteiger partial charge in [0.1, 0.15) is 23.0 Å². The molecule has 0 amide bonds. The summed E-state index contributed by atoms with van der Waals surface area (Å²) in [6.07, 6.45) is 1.98. The highest BCUT2D eigenvalue weighted by molar-refractivity contribution is 5.55. The number of rotatable bonds is 2. The van der Waals surface area contributed by atoms with Gasteiger partial charge in [-0.1, -0.05) is 18.2 Å². The predicted molar refractivity (Wildman–Crippen MR) is 85.6 cm³/mol. The highest BCUT2D eigenvalue weighted by Gasteiger charge is 2.24. The van der Waals surface area contributed by atoms with Gasteiger partial charge in [0.05, 0.1) is 12.7 Å². The smallest absolute Gasteiger partial charge is 0.245 e. The molecule has 23 heavy (non-hydrogen) atoms. The molecule has 0 saturated heterocycles. The van der Waals surface area contributed by atoms with Crippen molar-refractivity contribution in [3.8, 4) is 11.6 Å². The highest BCUT2D eigenvalue weighted by Crippen LogP contribution is 2.29. The van der Waals surface area contributed by atoms with Crippen LogP contribution in [0.15, 0.2) is 47.0 Å². The number of anilines is 1. The Bertz CT molecular complexity index is 842. The van der Waals surface area contributed by atoms with Gasteiger partial charge in [-0.2, -0.15) is 0 Å². The molecule has 0 bridgehead atoms. The van der Waals surface area contributed by atoms with E-state index in [4.69, 9.17) is 4.42 Å². The van der Waals surface area contributed by atoms with Crippen LogP contribution in [0.25, 0.3) is 11.6 Å². The second kappa shape index (κ2) is 5.50. The van der Waals surface area contributed by atoms with Crippen molar-refractivity contribution in [3.63, 3.8) is 0 Å². The number of hydrogen-bond acceptors (Lipinski definition) is 4. The van der Waals surface area contributed by atoms with Crippen LogP contribution in [-0.2, 0) is 13.0 Å². The van der Waals surface area contributed by atoms with Gasteiger partial charge in [-0.3, -0.25) is 0 Å². The molecular weight excluding hydrogens is 293 g/mol. The lowest BCUT2D eigenvalue weighted by molar-refractivity contribution is 0.497. The third-order valence-corrected chi connectivity index (χ3v) is 4.13. The molecule has 3 heterocycles. The fraction of sp³-hybridized carbons (Fsp3) is 0.222. The third-order valence-electron chi connectivity index (χ3n) is 4.13. The lowest BCUT2D eigenvalue weighted by atomic mass is 10.1. The Labute approximate surface area is 133 Å². The van der Waals surface area contributed by atoms with Crippen LogP contribution in [0, 0.1) is 12.7 Å². The number of benzene rings is 1. The van der Waals surface area contributed by atoms with Gasteiger partial charge in [-0.25, -0.2) is 14.4 Å². The van der Waals surface area contributed by atoms with E-state index >= 15 is 0 Å². The molecule has 0 radical (unpaired) electrons. The molecule has 1 aliphatic heterocycles. The number of aromatic nitrogens is 2. The zero-order chi connectivity index (χ0) is 15.8. The second-order valence-corrected chi connectivity index (χ2v) is 5.71. The van der Waals surface area contributed by atoms with E-state index in [9.17, 15) is 4.39 Å². The first-order valence-corrected chi connectivity index (χ1v) is 7.62. The molecule has 0 unspecified atom stereocenters. The molecule has 0 atom stereocenters. The minimum Gasteiger partial charge on any atom is -0.439 e. The van der Waals surface area contributed by atoms with Crippen LogP contribution in [0.4, 0.5) is 10.1 Å². The number of hydrogen-bond donors (Lipinski definition) is 0. The van der Waals surface area contributed by atoms with Crippen molar-refractivity contribution in [2.45, 2.75) is 19.9 Å². The minimum atomic E-state index is -0.365. The van der Waals surface area contributed by atoms with Crippen LogP contribution >= 0.6 is 0 Å². The average Bonchev–Trinajstić information content (AvgIpc) is 2.99. The third kappa shape index (κ3) is 2.59. The van der Waals surface area contributed by atoms with E-state index in [1.54, 1.807) is 6.07 Å². The molecule has 3 aromatic rings. The van der Waals surface area contributed by atoms with Gasteiger partial charge in [0, 0.05) is 18.7 Å². The van der Waals surface area contributed by atoms with E-state index in [2.05, 4.69) is 40.0 Å². The molecule has 2 aromatic heterocycles. The summed E-state index contributed by atoms with van der Waals surface area (Å²) in [5.41, 5.74) is 3.96. The Balaban J connectivity index is 1.63. The number of aryl methyl sites for hydroxylation is 1. The van der Waals surface area contributed by atoms with Crippen molar-refractivity contribution < 1.29 is 8.81 Å². The van der Waals surface area contributed by atoms with Gasteiger partial charge in [0.15, 0.2) is 0 Å². The Morgan fingerprint density at radius 2 is 2.04 bits per heavy atom. The summed E-state index contributed by atoms with van der Waals surface area (Å²) < 4.78 is 18.8. The standard InChI is InChI=1S/C18H16FN3O/c1-12-4-2-3-5-16(12)22-9-8-17-15(11-22)21-18(23-17)14-7-6-13(19)10-20-14/h2-7,10H,8-9,11H2,1H3. The average molecular weight is 309 g/mol. The second-order valence-electron chi connectivity index (χ2n) is 5.71. The SMILES string of the molecule is Cc1ccccc1N1CCc2oc(-c3ccc(F)cn3)nc2C1. The van der Waals surface area contributed by atoms with Crippen molar-refractivity contribution in [3.05, 3.63) is 65.4 Å². The number of fused-ring (bicyclic) bond motifs is 1. The van der Waals surface area contributed by atoms with Gasteiger partial charge in [0.2, 0.25) is 5.89 Å². The highest BCUT2D eigenvalue weighted by atomic mass is 19.1. The normalized spacial score (nSPS) is 13.9. The zero-order valence-electron chi connectivity index (χ0n) is 12.8. The summed E-state index contributed by atoms with van der Waals surface area (Å²) >= 11 is 0. The largest absolute Gasteiger partial charge is 0.439 e. The maximum absolute atomic E-state index is 13.0. The molecule has 5 heteroatoms. The maximum atomic E-state index is 13.0. The van der Waals surface area contributed by atoms with E-state index in [0.29, 0.717) is 18.1 Å². The minimum absolute atomic E-state index is 0.365. The van der Waals surface area contributed by atoms with E-state index in [-0.39, 0.29) is 5.82 Å². The topological polar surface area (TPSA) is 42.2 Å². The van der Waals surface area contributed by atoms with E-state index in [0.717, 1.165) is 24.4 Å². The molecule has 0 N–H and O–H groups in total. The predicted octanol–water partition coefficient (Wildman–Crippen LogP) is 3.75. The van der Waals surface area contributed by atoms with Crippen LogP contribution < -0.4 is 4.90 Å². The maximum Gasteiger partial charge on any atom is 0.245 e. The summed E-state index contributed by atoms with van der Waals surface area (Å²) in [4.78, 5) is 10.9. The summed E-state index contributed by atoms with van der Waals surface area (Å²) in [6.45, 7) is 3.72. The summed E-state index contributed by atoms with van der Waals surface area (Å²) in [5.74, 6) is 0.994. The number of pyridine rings is 1. The number of para-hydroxylation sites is 1. The Morgan fingerprint density at radius 3 is 2.83 bits per heavy atom. The monoisotopic (exact) mass is 309 g/mol. The fourth-order valence-electron chi connectivity index (χ4n) is 2.93. The van der Waals surface area contributed by atoms with E-state index < -0.39 is 0 Å². The van der Waals surface area contributed by atoms with Gasteiger partial charge >= 0.3 is 0 Å². The molecule has 116 valence electrons. The van der Waals surface area contributed by atoms with Crippen molar-refractivity contribution in [1.29, 1.82) is 0 Å². The summed E-state index contributed by atoms with van der Waals surface area (Å²) in [7, 11) is 0. The van der Waals surface area contributed by atoms with E-state index in [1.807, 2.05) is 6.07 Å². The Morgan fingerprint density at radius 1 is 1.17 bits per heavy atom. The van der Waals surface area contributed by atoms with Gasteiger partial charge < -0.3 is 9.32 Å². The molecular formula is C18H16FN3O. The van der Waals surface area contributed by atoms with Crippen LogP contribution in [0.3, 0.4) is 0 Å². The van der Waals surface area contributed by atoms with Crippen LogP contribution in [-0.4, -0.2) is 16.5 Å². The molecule has 0 aliphatic carbocycles. The molecule has 1 aromatic carbocycles. The number of oxazole rings is 1. The Kier molecular flexibility index (Phi) is 3.33. The lowest BCUT2D eigenvalue weighted by Crippen LogP contribution is -2.30. The van der Waals surface area contributed by atoms with Crippen molar-refractivity contribution in [2.24, 2.45) is 0 Å². The van der Waals surface area contributed by atoms with Crippen LogP contribution in [0.1, 0.15) is 17.0 Å². The number of nitrogens with zero attached hydrogens (tertiary/aromatic N) is 3. The van der Waals surface area contributed by atoms with Gasteiger partial charge in [-0.15, -0.1) is 0 Å². The zero-order valence-corrected chi connectivity index (χ0v) is 12.8. The summed E-state index contributed by atoms with van der Waals surface area (Å²) in [5, 5.41) is 0. The van der Waals surface area contributed by atoms with E-state index in [1.165, 1.54) is 23.5 Å². The molecule has 0 fully saturated rings. The lowest BCUT2D eigenvalue weighted by Gasteiger charge is -2.28. The van der Waals surface area contributed by atoms with Crippen molar-refractivity contribution in [2.75, 3.05) is 11.4 Å². The molecule has 4 nitrogen and oxygen atoms in total. The van der Waals surface area contributed by atoms with Crippen molar-refractivity contribution >= 4 is 5.69 Å². The summed E-state index contributed by atoms with van der Waals surface area (Å²) in [6, 6.07) is 11.3. The quantitative estimate of drug-likeness (QED) is 0.723. The van der Waals surface area contributed by atoms with Gasteiger partial charge in [-0.05, 0) is 30.7 Å². The Hall–Kier alpha value is -2.69.